The molecule has 0 aromatic rings. The van der Waals surface area contributed by atoms with Crippen LogP contribution in [-0.2, 0) is 52.1 Å². The van der Waals surface area contributed by atoms with Gasteiger partial charge < -0.3 is 140 Å². The Labute approximate surface area is 1080 Å². The third-order valence-electron chi connectivity index (χ3n) is 12.0. The van der Waals surface area contributed by atoms with E-state index in [0.717, 1.165) is 6.26 Å². The van der Waals surface area contributed by atoms with Crippen molar-refractivity contribution in [1.82, 2.24) is 0 Å². The fourth-order valence-corrected chi connectivity index (χ4v) is 8.17. The topological polar surface area (TPSA) is 449 Å². The molecule has 6 rings (SSSR count). The van der Waals surface area contributed by atoms with Crippen LogP contribution in [0.3, 0.4) is 0 Å². The quantitative estimate of drug-likeness (QED) is 0.0724. The average molecular weight is 4800 g/mol. The minimum atomic E-state index is -2.13. The van der Waals surface area contributed by atoms with Gasteiger partial charge in [0, 0.05) is 749 Å². The Hall–Kier alpha value is 23.0. The largest absolute Gasteiger partial charge is 0.668 e. The summed E-state index contributed by atoms with van der Waals surface area (Å²) in [6.07, 6.45) is -45.0. The van der Waals surface area contributed by atoms with Crippen molar-refractivity contribution < 1.29 is 883 Å². The summed E-state index contributed by atoms with van der Waals surface area (Å²) in [4.78, 5) is 0. The number of ether oxygens (including phenoxy) is 11. The molecule has 0 saturated carbocycles. The Morgan fingerprint density at radius 1 is 0.321 bits per heavy atom. The second-order valence-electron chi connectivity index (χ2n) is 16.2. The van der Waals surface area contributed by atoms with Crippen LogP contribution in [0.5, 0.6) is 0 Å². The molecule has 0 aromatic heterocycles. The fraction of sp³-hybridized carbons (Fsp3) is 0.944. The van der Waals surface area contributed by atoms with Gasteiger partial charge in [0.2, 0.25) is 0 Å². The van der Waals surface area contributed by atoms with E-state index >= 15 is 0 Å². The van der Waals surface area contributed by atoms with Crippen LogP contribution in [0.25, 0.3) is 5.73 Å². The van der Waals surface area contributed by atoms with Crippen molar-refractivity contribution in [3.8, 4) is 0 Å². The van der Waals surface area contributed by atoms with Crippen LogP contribution in [0.15, 0.2) is 12.3 Å². The van der Waals surface area contributed by atoms with Crippen molar-refractivity contribution in [3.05, 3.63) is 18.1 Å². The molecule has 17 unspecified atom stereocenters. The van der Waals surface area contributed by atoms with Crippen LogP contribution < -0.4 is 0 Å². The SMILES string of the molecule is CC1O[C@@H](OC2C(O)[C@@H](O)C(CO)O[C@H]2OC2C([NH-])[C@H](OC3C(O)[C@H](O[C@H]4C(CO)O[C@@H](O[C@H]5C(O)C=COC5CO)C(O)C4O)OC(CO)[C@@H]3O)OC(CO)[C@@H]2O)C(O)C(O)[C@H]1O.[Ac].[Ac].[Ac].[Ac].[Ac].[Ac].[Ac].[Ac].[Ac].[Ac].[Ac].[Ac].[Ac].[Ac].[Ac].[Ac].[Ac]. The molecular weight excluding hydrogens is 4740 g/mol. The van der Waals surface area contributed by atoms with Gasteiger partial charge in [-0.3, -0.25) is 0 Å². The molecule has 0 spiro atoms. The van der Waals surface area contributed by atoms with Crippen molar-refractivity contribution in [3.63, 3.8) is 0 Å². The van der Waals surface area contributed by atoms with Crippen molar-refractivity contribution in [2.45, 2.75) is 179 Å². The molecule has 6 aliphatic heterocycles. The second-order valence-corrected chi connectivity index (χ2v) is 16.2. The van der Waals surface area contributed by atoms with E-state index < -0.39 is 205 Å². The van der Waals surface area contributed by atoms with Crippen molar-refractivity contribution in [1.29, 1.82) is 0 Å². The van der Waals surface area contributed by atoms with E-state index in [1.165, 1.54) is 13.0 Å². The van der Waals surface area contributed by atoms with Crippen LogP contribution >= 0.6 is 0 Å². The van der Waals surface area contributed by atoms with E-state index in [4.69, 9.17) is 57.8 Å². The van der Waals surface area contributed by atoms with Gasteiger partial charge in [-0.15, -0.1) is 0 Å². The fourth-order valence-electron chi connectivity index (χ4n) is 8.17. The minimum Gasteiger partial charge on any atom is -0.668 e. The Morgan fingerprint density at radius 2 is 0.667 bits per heavy atom. The summed E-state index contributed by atoms with van der Waals surface area (Å²) in [5.41, 5.74) is 9.03. The first-order valence-corrected chi connectivity index (χ1v) is 20.5. The van der Waals surface area contributed by atoms with Gasteiger partial charge >= 0.3 is 0 Å². The van der Waals surface area contributed by atoms with Crippen LogP contribution in [0.4, 0.5) is 0 Å². The predicted molar refractivity (Wildman–Crippen MR) is 197 cm³/mol. The summed E-state index contributed by atoms with van der Waals surface area (Å²) in [5.74, 6) is 0. The molecule has 6 aliphatic rings. The van der Waals surface area contributed by atoms with Gasteiger partial charge in [0.15, 0.2) is 25.2 Å². The van der Waals surface area contributed by atoms with E-state index in [-0.39, 0.29) is 749 Å². The van der Waals surface area contributed by atoms with Gasteiger partial charge in [-0.25, -0.2) is 0 Å². The molecule has 5 fully saturated rings. The zero-order valence-corrected chi connectivity index (χ0v) is 124. The average Bonchev–Trinajstić information content (AvgIpc) is 3.28. The molecular formula is C36H60Ac17NO27-. The zero-order valence-electron chi connectivity index (χ0n) is 43.8. The summed E-state index contributed by atoms with van der Waals surface area (Å²) in [6.45, 7) is -3.04. The van der Waals surface area contributed by atoms with Crippen LogP contribution in [-0.4, -0.2) is 287 Å². The standard InChI is InChI=1S/C36H60NO27.17Ac/c1-9-17(44)21(48)24(51)33(55-9)64-31-22(49)18(45)11(4-38)58-36(31)62-29-16(37)32(56-12(5-39)19(29)46)63-30-20(47)13(6-40)57-35(26(30)53)61-28-15(8-42)59-34(25(52)23(28)50)60-27-10(43)2-3-54-14(27)7-41;;;;;;;;;;;;;;;;;/h2-3,9-53H,4-8H2,1H3;;;;;;;;;;;;;;;;;/q-1;;;;;;;;;;;;;;;;;/t9?,10?,11?,12?,13?,14?,15?,16?,17-,18-,19-,20-,21?,22?,23?,24?,25?,26?,27-,28-,29?,30?,31?,32-,33-,34-,35-,36-;;;;;;;;;;;;;;;;;/m0................./s1. The normalized spacial score (nSPS) is 41.6. The molecule has 28 nitrogen and oxygen atoms in total. The summed E-state index contributed by atoms with van der Waals surface area (Å²) in [6, 6.07) is -1.95. The summed E-state index contributed by atoms with van der Waals surface area (Å²) < 4.78 is 62.0. The molecule has 81 heavy (non-hydrogen) atoms. The maximum absolute atomic E-state index is 11.5. The van der Waals surface area contributed by atoms with Gasteiger partial charge in [-0.05, 0) is 13.0 Å². The zero-order chi connectivity index (χ0) is 46.9. The van der Waals surface area contributed by atoms with Crippen LogP contribution in [0.2, 0.25) is 0 Å². The number of hydrogen-bond donors (Lipinski definition) is 16. The molecule has 6 heterocycles. The van der Waals surface area contributed by atoms with Gasteiger partial charge in [-0.2, -0.15) is 0 Å². The summed E-state index contributed by atoms with van der Waals surface area (Å²) in [5, 5.41) is 169. The molecule has 0 aliphatic carbocycles. The minimum absolute atomic E-state index is 0. The third kappa shape index (κ3) is 37.7. The Morgan fingerprint density at radius 3 is 1.16 bits per heavy atom. The molecule has 423 valence electrons. The molecule has 5 saturated heterocycles. The van der Waals surface area contributed by atoms with Crippen molar-refractivity contribution in [2.24, 2.45) is 0 Å². The summed E-state index contributed by atoms with van der Waals surface area (Å²) in [7, 11) is 0. The molecule has 17 N–H and O–H groups in total. The maximum atomic E-state index is 11.5. The number of aliphatic hydroxyl groups is 16. The van der Waals surface area contributed by atoms with E-state index in [0.29, 0.717) is 0 Å². The van der Waals surface area contributed by atoms with Gasteiger partial charge in [0.05, 0.1) is 51.5 Å². The van der Waals surface area contributed by atoms with Crippen LogP contribution in [0, 0.1) is 749 Å². The van der Waals surface area contributed by atoms with Gasteiger partial charge in [-0.1, -0.05) is 6.04 Å². The molecule has 45 heteroatoms. The molecule has 28 atom stereocenters. The Balaban J connectivity index is -0.000000280. The molecule has 17 radical (unpaired) electrons. The van der Waals surface area contributed by atoms with E-state index in [2.05, 4.69) is 0 Å². The van der Waals surface area contributed by atoms with E-state index in [1.807, 2.05) is 0 Å². The predicted octanol–water partition coefficient (Wildman–Crippen LogP) is -10.2. The Bertz CT molecular complexity index is 1530. The number of rotatable bonds is 15. The maximum Gasteiger partial charge on any atom is 0.187 e. The third-order valence-corrected chi connectivity index (χ3v) is 12.0. The smallest absolute Gasteiger partial charge is 0.187 e. The van der Waals surface area contributed by atoms with Gasteiger partial charge in [0.25, 0.3) is 0 Å². The molecule has 0 aromatic carbocycles. The van der Waals surface area contributed by atoms with Crippen LogP contribution in [0.1, 0.15) is 6.92 Å². The van der Waals surface area contributed by atoms with Crippen molar-refractivity contribution in [2.75, 3.05) is 33.0 Å². The molecule has 0 bridgehead atoms. The number of nitrogens with one attached hydrogen (secondary N) is 1. The first kappa shape index (κ1) is 130. The first-order chi connectivity index (χ1) is 30.4. The van der Waals surface area contributed by atoms with E-state index in [1.54, 1.807) is 0 Å². The first-order valence-electron chi connectivity index (χ1n) is 20.5. The Kier molecular flexibility index (Phi) is 110. The van der Waals surface area contributed by atoms with E-state index in [9.17, 15) is 81.7 Å². The monoisotopic (exact) mass is 4800 g/mol. The summed E-state index contributed by atoms with van der Waals surface area (Å²) >= 11 is 0. The number of hydrogen-bond acceptors (Lipinski definition) is 27. The second kappa shape index (κ2) is 68.6. The van der Waals surface area contributed by atoms with Crippen molar-refractivity contribution >= 4 is 0 Å². The molecule has 0 amide bonds. The number of aliphatic hydroxyl groups excluding tert-OH is 16. The van der Waals surface area contributed by atoms with Gasteiger partial charge in [0.1, 0.15) is 128 Å².